The Morgan fingerprint density at radius 3 is 2.30 bits per heavy atom. The molecule has 1 unspecified atom stereocenters. The zero-order chi connectivity index (χ0) is 19.4. The standard InChI is InChI=1S/C21H27N3O2S/c1-21(2,3)18(17-7-6-14-27-17)23-20(26)22-16-10-8-15(9-11-16)19(25)24-12-4-5-13-24/h6-11,14,18H,4-5,12-13H2,1-3H3,(H2,22,23,26). The van der Waals surface area contributed by atoms with Crippen molar-refractivity contribution >= 4 is 29.0 Å². The number of hydrogen-bond acceptors (Lipinski definition) is 3. The molecule has 1 fully saturated rings. The minimum absolute atomic E-state index is 0.0639. The number of hydrogen-bond donors (Lipinski definition) is 2. The monoisotopic (exact) mass is 385 g/mol. The number of anilines is 1. The highest BCUT2D eigenvalue weighted by atomic mass is 32.1. The van der Waals surface area contributed by atoms with Crippen LogP contribution in [0.15, 0.2) is 41.8 Å². The largest absolute Gasteiger partial charge is 0.339 e. The van der Waals surface area contributed by atoms with E-state index in [9.17, 15) is 9.59 Å². The van der Waals surface area contributed by atoms with Gasteiger partial charge in [0.15, 0.2) is 0 Å². The summed E-state index contributed by atoms with van der Waals surface area (Å²) in [4.78, 5) is 27.9. The molecule has 1 aromatic carbocycles. The molecule has 2 N–H and O–H groups in total. The topological polar surface area (TPSA) is 61.4 Å². The van der Waals surface area contributed by atoms with Crippen molar-refractivity contribution in [1.82, 2.24) is 10.2 Å². The number of amides is 3. The Morgan fingerprint density at radius 1 is 1.07 bits per heavy atom. The van der Waals surface area contributed by atoms with Crippen molar-refractivity contribution in [3.63, 3.8) is 0 Å². The fraction of sp³-hybridized carbons (Fsp3) is 0.429. The third-order valence-electron chi connectivity index (χ3n) is 4.75. The highest BCUT2D eigenvalue weighted by molar-refractivity contribution is 7.10. The number of carbonyl (C=O) groups is 2. The van der Waals surface area contributed by atoms with Crippen LogP contribution >= 0.6 is 11.3 Å². The fourth-order valence-electron chi connectivity index (χ4n) is 3.27. The molecule has 3 amide bonds. The number of carbonyl (C=O) groups excluding carboxylic acids is 2. The summed E-state index contributed by atoms with van der Waals surface area (Å²) >= 11 is 1.64. The maximum Gasteiger partial charge on any atom is 0.319 e. The zero-order valence-electron chi connectivity index (χ0n) is 16.1. The van der Waals surface area contributed by atoms with Crippen LogP contribution in [0, 0.1) is 5.41 Å². The molecule has 1 saturated heterocycles. The minimum Gasteiger partial charge on any atom is -0.339 e. The Bertz CT molecular complexity index is 773. The first-order chi connectivity index (χ1) is 12.8. The molecule has 27 heavy (non-hydrogen) atoms. The van der Waals surface area contributed by atoms with Crippen LogP contribution in [0.2, 0.25) is 0 Å². The number of nitrogens with zero attached hydrogens (tertiary/aromatic N) is 1. The molecule has 0 radical (unpaired) electrons. The van der Waals surface area contributed by atoms with Gasteiger partial charge in [0.05, 0.1) is 6.04 Å². The summed E-state index contributed by atoms with van der Waals surface area (Å²) in [7, 11) is 0. The molecular formula is C21H27N3O2S. The van der Waals surface area contributed by atoms with Crippen LogP contribution in [0.5, 0.6) is 0 Å². The molecule has 144 valence electrons. The van der Waals surface area contributed by atoms with Gasteiger partial charge >= 0.3 is 6.03 Å². The second-order valence-electron chi connectivity index (χ2n) is 7.99. The number of thiophene rings is 1. The summed E-state index contributed by atoms with van der Waals surface area (Å²) < 4.78 is 0. The summed E-state index contributed by atoms with van der Waals surface area (Å²) in [6, 6.07) is 10.8. The van der Waals surface area contributed by atoms with Gasteiger partial charge in [-0.1, -0.05) is 26.8 Å². The van der Waals surface area contributed by atoms with Gasteiger partial charge in [0, 0.05) is 29.2 Å². The maximum absolute atomic E-state index is 12.5. The van der Waals surface area contributed by atoms with Gasteiger partial charge in [0.25, 0.3) is 5.91 Å². The number of urea groups is 1. The third-order valence-corrected chi connectivity index (χ3v) is 5.69. The lowest BCUT2D eigenvalue weighted by Gasteiger charge is -2.30. The SMILES string of the molecule is CC(C)(C)C(NC(=O)Nc1ccc(C(=O)N2CCCC2)cc1)c1cccs1. The lowest BCUT2D eigenvalue weighted by Crippen LogP contribution is -2.38. The summed E-state index contributed by atoms with van der Waals surface area (Å²) in [6.45, 7) is 7.99. The van der Waals surface area contributed by atoms with Gasteiger partial charge in [0.1, 0.15) is 0 Å². The average Bonchev–Trinajstić information content (AvgIpc) is 3.32. The van der Waals surface area contributed by atoms with Crippen LogP contribution in [0.4, 0.5) is 10.5 Å². The molecule has 2 aromatic rings. The maximum atomic E-state index is 12.5. The summed E-state index contributed by atoms with van der Waals surface area (Å²) in [6.07, 6.45) is 2.15. The molecule has 2 heterocycles. The van der Waals surface area contributed by atoms with Crippen molar-refractivity contribution in [3.8, 4) is 0 Å². The highest BCUT2D eigenvalue weighted by Crippen LogP contribution is 2.35. The predicted octanol–water partition coefficient (Wildman–Crippen LogP) is 4.89. The molecule has 1 aliphatic rings. The molecule has 0 saturated carbocycles. The number of likely N-dealkylation sites (tertiary alicyclic amines) is 1. The molecule has 0 spiro atoms. The van der Waals surface area contributed by atoms with Gasteiger partial charge in [-0.3, -0.25) is 4.79 Å². The lowest BCUT2D eigenvalue weighted by molar-refractivity contribution is 0.0793. The summed E-state index contributed by atoms with van der Waals surface area (Å²) in [5.41, 5.74) is 1.23. The number of rotatable bonds is 4. The lowest BCUT2D eigenvalue weighted by atomic mass is 9.86. The third kappa shape index (κ3) is 4.89. The van der Waals surface area contributed by atoms with E-state index in [1.807, 2.05) is 22.4 Å². The Morgan fingerprint density at radius 2 is 1.74 bits per heavy atom. The quantitative estimate of drug-likeness (QED) is 0.787. The fourth-order valence-corrected chi connectivity index (χ4v) is 4.29. The van der Waals surface area contributed by atoms with Crippen molar-refractivity contribution in [2.45, 2.75) is 39.7 Å². The van der Waals surface area contributed by atoms with Crippen molar-refractivity contribution in [2.75, 3.05) is 18.4 Å². The van der Waals surface area contributed by atoms with Gasteiger partial charge in [0.2, 0.25) is 0 Å². The molecule has 5 nitrogen and oxygen atoms in total. The first-order valence-corrected chi connectivity index (χ1v) is 10.2. The molecule has 0 bridgehead atoms. The summed E-state index contributed by atoms with van der Waals surface area (Å²) in [5.74, 6) is 0.0639. The van der Waals surface area contributed by atoms with E-state index in [0.717, 1.165) is 30.8 Å². The second-order valence-corrected chi connectivity index (χ2v) is 8.97. The van der Waals surface area contributed by atoms with E-state index in [0.29, 0.717) is 11.3 Å². The Kier molecular flexibility index (Phi) is 5.85. The van der Waals surface area contributed by atoms with Crippen molar-refractivity contribution in [2.24, 2.45) is 5.41 Å². The van der Waals surface area contributed by atoms with Crippen molar-refractivity contribution in [1.29, 1.82) is 0 Å². The van der Waals surface area contributed by atoms with E-state index in [1.54, 1.807) is 35.6 Å². The van der Waals surface area contributed by atoms with E-state index < -0.39 is 0 Å². The van der Waals surface area contributed by atoms with Crippen LogP contribution in [0.25, 0.3) is 0 Å². The molecule has 0 aliphatic carbocycles. The van der Waals surface area contributed by atoms with E-state index in [1.165, 1.54) is 0 Å². The molecule has 1 atom stereocenters. The highest BCUT2D eigenvalue weighted by Gasteiger charge is 2.28. The van der Waals surface area contributed by atoms with E-state index in [-0.39, 0.29) is 23.4 Å². The molecule has 6 heteroatoms. The molecule has 3 rings (SSSR count). The number of nitrogens with one attached hydrogen (secondary N) is 2. The first-order valence-electron chi connectivity index (χ1n) is 9.35. The Hall–Kier alpha value is -2.34. The normalized spacial score (nSPS) is 15.4. The van der Waals surface area contributed by atoms with E-state index in [2.05, 4.69) is 31.4 Å². The zero-order valence-corrected chi connectivity index (χ0v) is 16.9. The van der Waals surface area contributed by atoms with Gasteiger partial charge in [-0.05, 0) is 54.0 Å². The van der Waals surface area contributed by atoms with Crippen LogP contribution in [0.1, 0.15) is 54.9 Å². The van der Waals surface area contributed by atoms with Gasteiger partial charge in [-0.15, -0.1) is 11.3 Å². The van der Waals surface area contributed by atoms with Gasteiger partial charge < -0.3 is 15.5 Å². The summed E-state index contributed by atoms with van der Waals surface area (Å²) in [5, 5.41) is 7.96. The van der Waals surface area contributed by atoms with Crippen LogP contribution < -0.4 is 10.6 Å². The minimum atomic E-state index is -0.248. The smallest absolute Gasteiger partial charge is 0.319 e. The Balaban J connectivity index is 1.62. The van der Waals surface area contributed by atoms with Crippen molar-refractivity contribution < 1.29 is 9.59 Å². The molecule has 1 aliphatic heterocycles. The van der Waals surface area contributed by atoms with E-state index in [4.69, 9.17) is 0 Å². The van der Waals surface area contributed by atoms with Gasteiger partial charge in [-0.25, -0.2) is 4.79 Å². The van der Waals surface area contributed by atoms with Crippen LogP contribution in [-0.4, -0.2) is 29.9 Å². The predicted molar refractivity (Wildman–Crippen MR) is 110 cm³/mol. The second kappa shape index (κ2) is 8.13. The Labute approximate surface area is 164 Å². The van der Waals surface area contributed by atoms with Crippen molar-refractivity contribution in [3.05, 3.63) is 52.2 Å². The average molecular weight is 386 g/mol. The number of benzene rings is 1. The molecular weight excluding hydrogens is 358 g/mol. The van der Waals surface area contributed by atoms with E-state index >= 15 is 0 Å². The van der Waals surface area contributed by atoms with Crippen LogP contribution in [0.3, 0.4) is 0 Å². The van der Waals surface area contributed by atoms with Crippen LogP contribution in [-0.2, 0) is 0 Å². The first kappa shape index (κ1) is 19.4. The van der Waals surface area contributed by atoms with Gasteiger partial charge in [-0.2, -0.15) is 0 Å². The molecule has 1 aromatic heterocycles.